The highest BCUT2D eigenvalue weighted by atomic mass is 32.2. The van der Waals surface area contributed by atoms with Crippen molar-refractivity contribution in [2.75, 3.05) is 31.0 Å². The number of nitrogens with one attached hydrogen (secondary N) is 1. The summed E-state index contributed by atoms with van der Waals surface area (Å²) in [7, 11) is -3.79. The molecule has 1 fully saturated rings. The number of fused-ring (bicyclic) bond motifs is 1. The van der Waals surface area contributed by atoms with E-state index >= 15 is 0 Å². The standard InChI is InChI=1S/C22H26N2O5S/c1-2-16-4-3-11-24(15-16)22(25)17-5-7-18(8-6-17)23-30(26,27)19-9-10-20-21(14-19)29-13-12-28-20/h5-10,14,16,23H,2-4,11-13,15H2,1H3. The summed E-state index contributed by atoms with van der Waals surface area (Å²) in [6.45, 7) is 4.54. The van der Waals surface area contributed by atoms with Gasteiger partial charge in [-0.05, 0) is 55.2 Å². The number of piperidine rings is 1. The van der Waals surface area contributed by atoms with Gasteiger partial charge in [-0.3, -0.25) is 9.52 Å². The van der Waals surface area contributed by atoms with Gasteiger partial charge in [-0.2, -0.15) is 0 Å². The number of hydrogen-bond donors (Lipinski definition) is 1. The lowest BCUT2D eigenvalue weighted by molar-refractivity contribution is 0.0671. The molecule has 8 heteroatoms. The Morgan fingerprint density at radius 3 is 2.57 bits per heavy atom. The third-order valence-electron chi connectivity index (χ3n) is 5.59. The highest BCUT2D eigenvalue weighted by molar-refractivity contribution is 7.92. The van der Waals surface area contributed by atoms with Gasteiger partial charge in [-0.15, -0.1) is 0 Å². The van der Waals surface area contributed by atoms with Crippen molar-refractivity contribution in [2.24, 2.45) is 5.92 Å². The number of ether oxygens (including phenoxy) is 2. The lowest BCUT2D eigenvalue weighted by atomic mass is 9.95. The molecule has 2 aliphatic heterocycles. The van der Waals surface area contributed by atoms with E-state index in [2.05, 4.69) is 11.6 Å². The summed E-state index contributed by atoms with van der Waals surface area (Å²) >= 11 is 0. The van der Waals surface area contributed by atoms with Crippen LogP contribution in [-0.4, -0.2) is 45.5 Å². The second-order valence-electron chi connectivity index (χ2n) is 7.66. The Labute approximate surface area is 177 Å². The Morgan fingerprint density at radius 2 is 1.83 bits per heavy atom. The summed E-state index contributed by atoms with van der Waals surface area (Å²) in [5, 5.41) is 0. The van der Waals surface area contributed by atoms with Crippen molar-refractivity contribution in [1.29, 1.82) is 0 Å². The average molecular weight is 431 g/mol. The highest BCUT2D eigenvalue weighted by Gasteiger charge is 2.24. The molecule has 0 bridgehead atoms. The van der Waals surface area contributed by atoms with E-state index in [1.165, 1.54) is 18.6 Å². The van der Waals surface area contributed by atoms with E-state index in [1.807, 2.05) is 4.90 Å². The monoisotopic (exact) mass is 430 g/mol. The minimum Gasteiger partial charge on any atom is -0.486 e. The molecule has 0 saturated carbocycles. The molecule has 7 nitrogen and oxygen atoms in total. The fraction of sp³-hybridized carbons (Fsp3) is 0.409. The predicted molar refractivity (Wildman–Crippen MR) is 114 cm³/mol. The molecule has 1 amide bonds. The van der Waals surface area contributed by atoms with E-state index in [9.17, 15) is 13.2 Å². The van der Waals surface area contributed by atoms with Gasteiger partial charge in [-0.1, -0.05) is 13.3 Å². The number of carbonyl (C=O) groups excluding carboxylic acids is 1. The maximum Gasteiger partial charge on any atom is 0.262 e. The number of rotatable bonds is 5. The second kappa shape index (κ2) is 8.55. The van der Waals surface area contributed by atoms with Crippen molar-refractivity contribution in [3.63, 3.8) is 0 Å². The first-order chi connectivity index (χ1) is 14.5. The summed E-state index contributed by atoms with van der Waals surface area (Å²) in [5.74, 6) is 1.50. The lowest BCUT2D eigenvalue weighted by Gasteiger charge is -2.32. The molecule has 1 atom stereocenters. The van der Waals surface area contributed by atoms with Crippen molar-refractivity contribution in [3.8, 4) is 11.5 Å². The molecular formula is C22H26N2O5S. The number of likely N-dealkylation sites (tertiary alicyclic amines) is 1. The SMILES string of the molecule is CCC1CCCN(C(=O)c2ccc(NS(=O)(=O)c3ccc4c(c3)OCCO4)cc2)C1. The van der Waals surface area contributed by atoms with Gasteiger partial charge in [-0.25, -0.2) is 8.42 Å². The Bertz CT molecular complexity index is 1020. The molecular weight excluding hydrogens is 404 g/mol. The van der Waals surface area contributed by atoms with Gasteiger partial charge in [0.05, 0.1) is 4.90 Å². The quantitative estimate of drug-likeness (QED) is 0.785. The van der Waals surface area contributed by atoms with Crippen LogP contribution in [0.4, 0.5) is 5.69 Å². The first-order valence-corrected chi connectivity index (χ1v) is 11.8. The van der Waals surface area contributed by atoms with Gasteiger partial charge in [0, 0.05) is 30.4 Å². The second-order valence-corrected chi connectivity index (χ2v) is 9.34. The van der Waals surface area contributed by atoms with Crippen LogP contribution in [0.1, 0.15) is 36.5 Å². The molecule has 1 N–H and O–H groups in total. The molecule has 1 unspecified atom stereocenters. The Balaban J connectivity index is 1.46. The number of carbonyl (C=O) groups is 1. The zero-order chi connectivity index (χ0) is 21.1. The summed E-state index contributed by atoms with van der Waals surface area (Å²) in [6.07, 6.45) is 3.27. The summed E-state index contributed by atoms with van der Waals surface area (Å²) in [6, 6.07) is 11.1. The van der Waals surface area contributed by atoms with Crippen LogP contribution in [0.5, 0.6) is 11.5 Å². The Hall–Kier alpha value is -2.74. The Morgan fingerprint density at radius 1 is 1.10 bits per heavy atom. The third kappa shape index (κ3) is 4.38. The maximum absolute atomic E-state index is 12.8. The molecule has 0 aliphatic carbocycles. The molecule has 1 saturated heterocycles. The number of sulfonamides is 1. The molecule has 4 rings (SSSR count). The molecule has 160 valence electrons. The van der Waals surface area contributed by atoms with Crippen molar-refractivity contribution in [3.05, 3.63) is 48.0 Å². The zero-order valence-electron chi connectivity index (χ0n) is 17.0. The highest BCUT2D eigenvalue weighted by Crippen LogP contribution is 2.32. The minimum atomic E-state index is -3.79. The van der Waals surface area contributed by atoms with Gasteiger partial charge in [0.1, 0.15) is 13.2 Å². The smallest absolute Gasteiger partial charge is 0.262 e. The van der Waals surface area contributed by atoms with Crippen LogP contribution in [0.2, 0.25) is 0 Å². The number of benzene rings is 2. The molecule has 2 heterocycles. The van der Waals surface area contributed by atoms with Crippen molar-refractivity contribution in [2.45, 2.75) is 31.1 Å². The van der Waals surface area contributed by atoms with E-state index in [-0.39, 0.29) is 10.8 Å². The van der Waals surface area contributed by atoms with Crippen molar-refractivity contribution in [1.82, 2.24) is 4.90 Å². The van der Waals surface area contributed by atoms with E-state index < -0.39 is 10.0 Å². The predicted octanol–water partition coefficient (Wildman–Crippen LogP) is 3.52. The van der Waals surface area contributed by atoms with Gasteiger partial charge < -0.3 is 14.4 Å². The molecule has 0 radical (unpaired) electrons. The Kier molecular flexibility index (Phi) is 5.85. The minimum absolute atomic E-state index is 0.00519. The van der Waals surface area contributed by atoms with E-state index in [0.717, 1.165) is 25.9 Å². The topological polar surface area (TPSA) is 84.9 Å². The first-order valence-electron chi connectivity index (χ1n) is 10.3. The fourth-order valence-corrected chi connectivity index (χ4v) is 4.92. The number of amides is 1. The van der Waals surface area contributed by atoms with Crippen LogP contribution in [0.3, 0.4) is 0 Å². The normalized spacial score (nSPS) is 18.7. The van der Waals surface area contributed by atoms with Crippen LogP contribution in [0.25, 0.3) is 0 Å². The van der Waals surface area contributed by atoms with E-state index in [0.29, 0.717) is 41.9 Å². The van der Waals surface area contributed by atoms with Crippen LogP contribution in [-0.2, 0) is 10.0 Å². The molecule has 2 aromatic rings. The number of anilines is 1. The number of hydrogen-bond acceptors (Lipinski definition) is 5. The third-order valence-corrected chi connectivity index (χ3v) is 6.97. The van der Waals surface area contributed by atoms with Gasteiger partial charge >= 0.3 is 0 Å². The molecule has 2 aromatic carbocycles. The summed E-state index contributed by atoms with van der Waals surface area (Å²) in [4.78, 5) is 14.8. The van der Waals surface area contributed by atoms with Crippen LogP contribution < -0.4 is 14.2 Å². The van der Waals surface area contributed by atoms with Gasteiger partial charge in [0.15, 0.2) is 11.5 Å². The fourth-order valence-electron chi connectivity index (χ4n) is 3.85. The van der Waals surface area contributed by atoms with E-state index in [1.54, 1.807) is 30.3 Å². The van der Waals surface area contributed by atoms with Crippen molar-refractivity contribution >= 4 is 21.6 Å². The molecule has 30 heavy (non-hydrogen) atoms. The van der Waals surface area contributed by atoms with Crippen LogP contribution in [0, 0.1) is 5.92 Å². The van der Waals surface area contributed by atoms with E-state index in [4.69, 9.17) is 9.47 Å². The molecule has 0 aromatic heterocycles. The molecule has 2 aliphatic rings. The maximum atomic E-state index is 12.8. The zero-order valence-corrected chi connectivity index (χ0v) is 17.8. The average Bonchev–Trinajstić information content (AvgIpc) is 2.78. The summed E-state index contributed by atoms with van der Waals surface area (Å²) in [5.41, 5.74) is 0.959. The number of nitrogens with zero attached hydrogens (tertiary/aromatic N) is 1. The summed E-state index contributed by atoms with van der Waals surface area (Å²) < 4.78 is 38.9. The van der Waals surface area contributed by atoms with Crippen LogP contribution >= 0.6 is 0 Å². The van der Waals surface area contributed by atoms with Crippen LogP contribution in [0.15, 0.2) is 47.4 Å². The first kappa shape index (κ1) is 20.5. The lowest BCUT2D eigenvalue weighted by Crippen LogP contribution is -2.39. The van der Waals surface area contributed by atoms with Gasteiger partial charge in [0.2, 0.25) is 0 Å². The molecule has 0 spiro atoms. The van der Waals surface area contributed by atoms with Gasteiger partial charge in [0.25, 0.3) is 15.9 Å². The van der Waals surface area contributed by atoms with Crippen molar-refractivity contribution < 1.29 is 22.7 Å². The largest absolute Gasteiger partial charge is 0.486 e.